The fourth-order valence-corrected chi connectivity index (χ4v) is 4.47. The van der Waals surface area contributed by atoms with E-state index >= 15 is 0 Å². The summed E-state index contributed by atoms with van der Waals surface area (Å²) in [6.07, 6.45) is 7.58. The molecular weight excluding hydrogens is 324 g/mol. The summed E-state index contributed by atoms with van der Waals surface area (Å²) in [4.78, 5) is 28.4. The summed E-state index contributed by atoms with van der Waals surface area (Å²) in [6.45, 7) is 2.93. The van der Waals surface area contributed by atoms with E-state index in [4.69, 9.17) is 4.74 Å². The zero-order valence-corrected chi connectivity index (χ0v) is 15.0. The molecule has 0 radical (unpaired) electrons. The van der Waals surface area contributed by atoms with Crippen molar-refractivity contribution in [2.24, 2.45) is 0 Å². The average molecular weight is 350 g/mol. The number of amides is 2. The number of rotatable bonds is 4. The molecule has 0 aromatic carbocycles. The van der Waals surface area contributed by atoms with Crippen molar-refractivity contribution in [1.82, 2.24) is 10.2 Å². The number of hydrogen-bond acceptors (Lipinski definition) is 4. The number of hydrogen-bond donors (Lipinski definition) is 1. The van der Waals surface area contributed by atoms with Crippen molar-refractivity contribution in [2.75, 3.05) is 32.8 Å². The summed E-state index contributed by atoms with van der Waals surface area (Å²) in [5, 5.41) is 2.90. The highest BCUT2D eigenvalue weighted by atomic mass is 32.1. The topological polar surface area (TPSA) is 58.6 Å². The molecule has 0 spiro atoms. The van der Waals surface area contributed by atoms with Crippen LogP contribution in [0.5, 0.6) is 0 Å². The van der Waals surface area contributed by atoms with E-state index in [2.05, 4.69) is 11.4 Å². The number of aryl methyl sites for hydroxylation is 2. The molecule has 2 heterocycles. The van der Waals surface area contributed by atoms with E-state index in [-0.39, 0.29) is 11.8 Å². The van der Waals surface area contributed by atoms with Crippen molar-refractivity contribution >= 4 is 23.2 Å². The lowest BCUT2D eigenvalue weighted by Gasteiger charge is -2.26. The Morgan fingerprint density at radius 3 is 2.67 bits per heavy atom. The van der Waals surface area contributed by atoms with Crippen LogP contribution in [0.4, 0.5) is 0 Å². The molecule has 1 fully saturated rings. The molecule has 1 saturated heterocycles. The second-order valence-electron chi connectivity index (χ2n) is 6.47. The van der Waals surface area contributed by atoms with E-state index in [0.717, 1.165) is 17.7 Å². The van der Waals surface area contributed by atoms with Crippen molar-refractivity contribution < 1.29 is 14.3 Å². The maximum atomic E-state index is 12.3. The molecule has 3 rings (SSSR count). The predicted octanol–water partition coefficient (Wildman–Crippen LogP) is 2.39. The monoisotopic (exact) mass is 350 g/mol. The van der Waals surface area contributed by atoms with Crippen molar-refractivity contribution in [2.45, 2.75) is 44.9 Å². The Hall–Kier alpha value is -1.40. The van der Waals surface area contributed by atoms with Crippen LogP contribution in [0.15, 0.2) is 6.07 Å². The smallest absolute Gasteiger partial charge is 0.261 e. The van der Waals surface area contributed by atoms with Gasteiger partial charge in [0.2, 0.25) is 5.91 Å². The van der Waals surface area contributed by atoms with Gasteiger partial charge in [0.05, 0.1) is 18.1 Å². The second kappa shape index (κ2) is 8.62. The highest BCUT2D eigenvalue weighted by molar-refractivity contribution is 7.14. The molecule has 1 aliphatic heterocycles. The number of nitrogens with one attached hydrogen (secondary N) is 1. The fourth-order valence-electron chi connectivity index (χ4n) is 3.30. The minimum absolute atomic E-state index is 0.0403. The van der Waals surface area contributed by atoms with Crippen LogP contribution >= 0.6 is 11.3 Å². The zero-order chi connectivity index (χ0) is 16.8. The summed E-state index contributed by atoms with van der Waals surface area (Å²) < 4.78 is 5.25. The van der Waals surface area contributed by atoms with Crippen LogP contribution in [-0.4, -0.2) is 49.6 Å². The molecule has 0 atom stereocenters. The van der Waals surface area contributed by atoms with Gasteiger partial charge in [0.15, 0.2) is 0 Å². The number of morpholine rings is 1. The van der Waals surface area contributed by atoms with Gasteiger partial charge >= 0.3 is 0 Å². The van der Waals surface area contributed by atoms with E-state index in [0.29, 0.717) is 39.3 Å². The number of nitrogens with zero attached hydrogens (tertiary/aromatic N) is 1. The maximum Gasteiger partial charge on any atom is 0.261 e. The molecule has 132 valence electrons. The first-order valence-electron chi connectivity index (χ1n) is 8.99. The molecule has 5 nitrogen and oxygen atoms in total. The minimum Gasteiger partial charge on any atom is -0.378 e. The Labute approximate surface area is 147 Å². The third-order valence-electron chi connectivity index (χ3n) is 4.71. The molecule has 0 saturated carbocycles. The number of carbonyl (C=O) groups is 2. The molecule has 24 heavy (non-hydrogen) atoms. The number of fused-ring (bicyclic) bond motifs is 1. The summed E-state index contributed by atoms with van der Waals surface area (Å²) in [5.41, 5.74) is 1.36. The van der Waals surface area contributed by atoms with Crippen molar-refractivity contribution in [3.63, 3.8) is 0 Å². The van der Waals surface area contributed by atoms with Gasteiger partial charge in [0.1, 0.15) is 0 Å². The van der Waals surface area contributed by atoms with Crippen molar-refractivity contribution in [3.05, 3.63) is 21.4 Å². The van der Waals surface area contributed by atoms with Gasteiger partial charge in [-0.05, 0) is 37.3 Å². The Morgan fingerprint density at radius 2 is 1.88 bits per heavy atom. The summed E-state index contributed by atoms with van der Waals surface area (Å²) >= 11 is 1.63. The third kappa shape index (κ3) is 4.57. The van der Waals surface area contributed by atoms with Gasteiger partial charge in [0.25, 0.3) is 5.91 Å². The van der Waals surface area contributed by atoms with E-state index in [1.807, 2.05) is 4.90 Å². The number of thiophene rings is 1. The molecule has 2 amide bonds. The lowest BCUT2D eigenvalue weighted by Crippen LogP contribution is -2.41. The van der Waals surface area contributed by atoms with Gasteiger partial charge in [-0.3, -0.25) is 9.59 Å². The first kappa shape index (κ1) is 17.4. The Balaban J connectivity index is 1.48. The van der Waals surface area contributed by atoms with Crippen LogP contribution in [-0.2, 0) is 22.4 Å². The predicted molar refractivity (Wildman–Crippen MR) is 94.5 cm³/mol. The van der Waals surface area contributed by atoms with Gasteiger partial charge in [-0.1, -0.05) is 12.8 Å². The van der Waals surface area contributed by atoms with Crippen LogP contribution in [0.2, 0.25) is 0 Å². The third-order valence-corrected chi connectivity index (χ3v) is 5.94. The average Bonchev–Trinajstić information content (AvgIpc) is 2.97. The first-order chi connectivity index (χ1) is 11.7. The summed E-state index contributed by atoms with van der Waals surface area (Å²) in [7, 11) is 0. The van der Waals surface area contributed by atoms with Crippen LogP contribution in [0, 0.1) is 0 Å². The lowest BCUT2D eigenvalue weighted by atomic mass is 10.00. The largest absolute Gasteiger partial charge is 0.378 e. The first-order valence-corrected chi connectivity index (χ1v) is 9.81. The zero-order valence-electron chi connectivity index (χ0n) is 14.1. The molecule has 1 aliphatic carbocycles. The normalized spacial score (nSPS) is 18.4. The van der Waals surface area contributed by atoms with E-state index in [9.17, 15) is 9.59 Å². The van der Waals surface area contributed by atoms with Gasteiger partial charge in [-0.2, -0.15) is 0 Å². The molecule has 1 N–H and O–H groups in total. The van der Waals surface area contributed by atoms with Crippen LogP contribution in [0.1, 0.15) is 52.2 Å². The van der Waals surface area contributed by atoms with Gasteiger partial charge < -0.3 is 15.0 Å². The van der Waals surface area contributed by atoms with E-state index < -0.39 is 0 Å². The van der Waals surface area contributed by atoms with Crippen molar-refractivity contribution in [3.8, 4) is 0 Å². The molecule has 2 aliphatic rings. The van der Waals surface area contributed by atoms with Gasteiger partial charge in [0, 0.05) is 30.9 Å². The SMILES string of the molecule is O=C(NCCC(=O)N1CCOCC1)c1cc2c(s1)CCCCCC2. The highest BCUT2D eigenvalue weighted by Crippen LogP contribution is 2.28. The number of ether oxygens (including phenoxy) is 1. The minimum atomic E-state index is -0.0403. The van der Waals surface area contributed by atoms with Crippen LogP contribution in [0.25, 0.3) is 0 Å². The highest BCUT2D eigenvalue weighted by Gasteiger charge is 2.18. The summed E-state index contributed by atoms with van der Waals surface area (Å²) in [6, 6.07) is 2.06. The van der Waals surface area contributed by atoms with Crippen LogP contribution < -0.4 is 5.32 Å². The molecule has 1 aromatic rings. The van der Waals surface area contributed by atoms with Crippen molar-refractivity contribution in [1.29, 1.82) is 0 Å². The molecule has 1 aromatic heterocycles. The number of carbonyl (C=O) groups excluding carboxylic acids is 2. The Bertz CT molecular complexity index is 553. The van der Waals surface area contributed by atoms with E-state index in [1.165, 1.54) is 36.1 Å². The Kier molecular flexibility index (Phi) is 6.26. The molecule has 6 heteroatoms. The standard InChI is InChI=1S/C18H26N2O3S/c21-17(20-9-11-23-12-10-20)7-8-19-18(22)16-13-14-5-3-1-2-4-6-15(14)24-16/h13H,1-12H2,(H,19,22). The molecular formula is C18H26N2O3S. The van der Waals surface area contributed by atoms with Gasteiger partial charge in [-0.25, -0.2) is 0 Å². The second-order valence-corrected chi connectivity index (χ2v) is 7.61. The quantitative estimate of drug-likeness (QED) is 0.907. The molecule has 0 bridgehead atoms. The van der Waals surface area contributed by atoms with E-state index in [1.54, 1.807) is 11.3 Å². The lowest BCUT2D eigenvalue weighted by molar-refractivity contribution is -0.135. The van der Waals surface area contributed by atoms with Gasteiger partial charge in [-0.15, -0.1) is 11.3 Å². The maximum absolute atomic E-state index is 12.3. The molecule has 0 unspecified atom stereocenters. The fraction of sp³-hybridized carbons (Fsp3) is 0.667. The van der Waals surface area contributed by atoms with Crippen LogP contribution in [0.3, 0.4) is 0 Å². The summed E-state index contributed by atoms with van der Waals surface area (Å²) in [5.74, 6) is 0.0542. The Morgan fingerprint density at radius 1 is 1.12 bits per heavy atom.